The van der Waals surface area contributed by atoms with Gasteiger partial charge in [0.1, 0.15) is 65.2 Å². The van der Waals surface area contributed by atoms with E-state index in [0.717, 1.165) is 24.3 Å². The Hall–Kier alpha value is -3.71. The highest BCUT2D eigenvalue weighted by molar-refractivity contribution is 5.88. The summed E-state index contributed by atoms with van der Waals surface area (Å²) in [5, 5.41) is 101. The number of aromatic hydroxyl groups is 4. The Morgan fingerprint density at radius 3 is 2.21 bits per heavy atom. The number of aliphatic hydroxyl groups excluding tert-OH is 6. The number of benzene rings is 2. The van der Waals surface area contributed by atoms with Gasteiger partial charge in [-0.15, -0.1) is 0 Å². The molecule has 1 aromatic heterocycles. The zero-order valence-electron chi connectivity index (χ0n) is 22.3. The monoisotopic (exact) mass is 610 g/mol. The molecule has 0 spiro atoms. The molecule has 2 aliphatic heterocycles. The molecule has 0 saturated carbocycles. The largest absolute Gasteiger partial charge is 0.508 e. The van der Waals surface area contributed by atoms with Crippen LogP contribution >= 0.6 is 0 Å². The SMILES string of the molecule is C[C@@H]1O[C@H](OC[C@@H](O)[C@@H]2O[C@H](Oc3c(-c4ccc(O)c(O)c4)oc4cc(O)cc(O)c4c3=O)[C@H](O)[C@H]2O)[C@@H](O)[C@@H](O)[C@H]1O. The first-order valence-corrected chi connectivity index (χ1v) is 13.0. The Kier molecular flexibility index (Phi) is 8.41. The minimum absolute atomic E-state index is 0.0160. The molecule has 5 rings (SSSR count). The second kappa shape index (κ2) is 11.8. The molecule has 10 atom stereocenters. The van der Waals surface area contributed by atoms with Gasteiger partial charge in [-0.05, 0) is 25.1 Å². The molecule has 2 aliphatic rings. The molecule has 10 N–H and O–H groups in total. The van der Waals surface area contributed by atoms with Gasteiger partial charge in [0.2, 0.25) is 17.5 Å². The Morgan fingerprint density at radius 2 is 1.51 bits per heavy atom. The summed E-state index contributed by atoms with van der Waals surface area (Å²) in [5.41, 5.74) is -1.30. The van der Waals surface area contributed by atoms with E-state index in [4.69, 9.17) is 23.4 Å². The van der Waals surface area contributed by atoms with Crippen LogP contribution in [0.5, 0.6) is 28.7 Å². The fraction of sp³-hybridized carbons (Fsp3) is 0.444. The highest BCUT2D eigenvalue weighted by atomic mass is 16.7. The van der Waals surface area contributed by atoms with Crippen LogP contribution in [-0.4, -0.2) is 119 Å². The first-order valence-electron chi connectivity index (χ1n) is 13.0. The van der Waals surface area contributed by atoms with Gasteiger partial charge in [0.05, 0.1) is 12.7 Å². The number of rotatable bonds is 7. The van der Waals surface area contributed by atoms with Crippen LogP contribution in [0.15, 0.2) is 39.5 Å². The fourth-order valence-corrected chi connectivity index (χ4v) is 4.87. The van der Waals surface area contributed by atoms with Crippen molar-refractivity contribution in [3.05, 3.63) is 40.6 Å². The van der Waals surface area contributed by atoms with E-state index in [1.807, 2.05) is 0 Å². The van der Waals surface area contributed by atoms with Gasteiger partial charge in [0.25, 0.3) is 0 Å². The third-order valence-electron chi connectivity index (χ3n) is 7.26. The average Bonchev–Trinajstić information content (AvgIpc) is 3.24. The predicted molar refractivity (Wildman–Crippen MR) is 140 cm³/mol. The Labute approximate surface area is 241 Å². The normalized spacial score (nSPS) is 31.7. The molecule has 0 unspecified atom stereocenters. The van der Waals surface area contributed by atoms with Crippen molar-refractivity contribution in [1.82, 2.24) is 0 Å². The molecule has 2 aromatic carbocycles. The molecular formula is C27H30O16. The van der Waals surface area contributed by atoms with Crippen molar-refractivity contribution in [2.45, 2.75) is 68.3 Å². The summed E-state index contributed by atoms with van der Waals surface area (Å²) in [7, 11) is 0. The first-order chi connectivity index (χ1) is 20.3. The standard InChI is InChI=1S/C27H30O16/c1-8-17(33)19(35)21(37)26(40-8)39-7-14(32)24-20(36)22(38)27(42-24)43-25-18(34)16-13(31)5-10(28)6-15(16)41-23(25)9-2-3-11(29)12(30)4-9/h2-6,8,14,17,19-22,24,26-33,35-38H,7H2,1H3/t8-,14+,17-,19-,20+,21-,22+,24-,26-,27+/m0/s1. The minimum atomic E-state index is -1.86. The smallest absolute Gasteiger partial charge is 0.239 e. The third-order valence-corrected chi connectivity index (χ3v) is 7.26. The predicted octanol–water partition coefficient (Wildman–Crippen LogP) is -1.69. The van der Waals surface area contributed by atoms with Gasteiger partial charge in [-0.3, -0.25) is 4.79 Å². The average molecular weight is 611 g/mol. The lowest BCUT2D eigenvalue weighted by molar-refractivity contribution is -0.299. The zero-order chi connectivity index (χ0) is 31.3. The summed E-state index contributed by atoms with van der Waals surface area (Å²) in [6.07, 6.45) is -15.8. The maximum absolute atomic E-state index is 13.5. The van der Waals surface area contributed by atoms with Gasteiger partial charge < -0.3 is 74.4 Å². The molecule has 3 aromatic rings. The molecule has 0 aliphatic carbocycles. The summed E-state index contributed by atoms with van der Waals surface area (Å²) < 4.78 is 27.5. The van der Waals surface area contributed by atoms with Gasteiger partial charge in [0.15, 0.2) is 23.5 Å². The van der Waals surface area contributed by atoms with Crippen molar-refractivity contribution in [2.75, 3.05) is 6.61 Å². The molecule has 0 radical (unpaired) electrons. The van der Waals surface area contributed by atoms with Crippen molar-refractivity contribution in [3.63, 3.8) is 0 Å². The summed E-state index contributed by atoms with van der Waals surface area (Å²) in [4.78, 5) is 13.5. The van der Waals surface area contributed by atoms with Crippen LogP contribution in [0.25, 0.3) is 22.3 Å². The van der Waals surface area contributed by atoms with Crippen molar-refractivity contribution in [2.24, 2.45) is 0 Å². The second-order valence-corrected chi connectivity index (χ2v) is 10.3. The van der Waals surface area contributed by atoms with Gasteiger partial charge in [0, 0.05) is 17.7 Å². The van der Waals surface area contributed by atoms with Crippen LogP contribution in [0.3, 0.4) is 0 Å². The molecule has 3 heterocycles. The number of phenolic OH excluding ortho intramolecular Hbond substituents is 4. The summed E-state index contributed by atoms with van der Waals surface area (Å²) >= 11 is 0. The van der Waals surface area contributed by atoms with Crippen LogP contribution in [0.1, 0.15) is 6.92 Å². The lowest BCUT2D eigenvalue weighted by Gasteiger charge is -2.39. The molecule has 0 amide bonds. The number of aliphatic hydroxyl groups is 6. The van der Waals surface area contributed by atoms with Crippen LogP contribution in [-0.2, 0) is 14.2 Å². The van der Waals surface area contributed by atoms with E-state index < -0.39 is 108 Å². The number of hydrogen-bond donors (Lipinski definition) is 10. The van der Waals surface area contributed by atoms with E-state index in [1.54, 1.807) is 0 Å². The van der Waals surface area contributed by atoms with Crippen molar-refractivity contribution < 1.29 is 74.4 Å². The number of ether oxygens (including phenoxy) is 4. The Balaban J connectivity index is 1.41. The van der Waals surface area contributed by atoms with Crippen molar-refractivity contribution in [3.8, 4) is 40.1 Å². The molecule has 16 heteroatoms. The van der Waals surface area contributed by atoms with Crippen LogP contribution in [0.4, 0.5) is 0 Å². The van der Waals surface area contributed by atoms with E-state index >= 15 is 0 Å². The molecule has 16 nitrogen and oxygen atoms in total. The molecule has 43 heavy (non-hydrogen) atoms. The van der Waals surface area contributed by atoms with E-state index in [2.05, 4.69) is 0 Å². The fourth-order valence-electron chi connectivity index (χ4n) is 4.87. The van der Waals surface area contributed by atoms with E-state index in [-0.39, 0.29) is 16.9 Å². The van der Waals surface area contributed by atoms with Gasteiger partial charge in [-0.25, -0.2) is 0 Å². The van der Waals surface area contributed by atoms with Crippen LogP contribution < -0.4 is 10.2 Å². The zero-order valence-corrected chi connectivity index (χ0v) is 22.3. The molecule has 2 saturated heterocycles. The highest BCUT2D eigenvalue weighted by Crippen LogP contribution is 2.39. The van der Waals surface area contributed by atoms with Gasteiger partial charge in [-0.1, -0.05) is 0 Å². The summed E-state index contributed by atoms with van der Waals surface area (Å²) in [5.74, 6) is -3.25. The topological polar surface area (TPSA) is 269 Å². The lowest BCUT2D eigenvalue weighted by Crippen LogP contribution is -2.57. The first kappa shape index (κ1) is 30.7. The number of fused-ring (bicyclic) bond motifs is 1. The lowest BCUT2D eigenvalue weighted by atomic mass is 10.00. The van der Waals surface area contributed by atoms with E-state index in [9.17, 15) is 55.9 Å². The van der Waals surface area contributed by atoms with Gasteiger partial charge >= 0.3 is 0 Å². The molecule has 234 valence electrons. The third kappa shape index (κ3) is 5.67. The van der Waals surface area contributed by atoms with Gasteiger partial charge in [-0.2, -0.15) is 0 Å². The summed E-state index contributed by atoms with van der Waals surface area (Å²) in [6.45, 7) is 0.778. The minimum Gasteiger partial charge on any atom is -0.508 e. The number of hydrogen-bond acceptors (Lipinski definition) is 16. The van der Waals surface area contributed by atoms with Crippen LogP contribution in [0.2, 0.25) is 0 Å². The van der Waals surface area contributed by atoms with E-state index in [1.165, 1.54) is 13.0 Å². The Bertz CT molecular complexity index is 1540. The molecule has 0 bridgehead atoms. The maximum atomic E-state index is 13.5. The van der Waals surface area contributed by atoms with Crippen molar-refractivity contribution >= 4 is 11.0 Å². The Morgan fingerprint density at radius 1 is 0.814 bits per heavy atom. The van der Waals surface area contributed by atoms with E-state index in [0.29, 0.717) is 0 Å². The second-order valence-electron chi connectivity index (χ2n) is 10.3. The number of phenols is 4. The maximum Gasteiger partial charge on any atom is 0.239 e. The van der Waals surface area contributed by atoms with Crippen LogP contribution in [0, 0.1) is 0 Å². The summed E-state index contributed by atoms with van der Waals surface area (Å²) in [6, 6.07) is 5.27. The molecule has 2 fully saturated rings. The highest BCUT2D eigenvalue weighted by Gasteiger charge is 2.49. The molecular weight excluding hydrogens is 580 g/mol. The van der Waals surface area contributed by atoms with Crippen molar-refractivity contribution in [1.29, 1.82) is 0 Å². The quantitative estimate of drug-likeness (QED) is 0.134.